The molecular weight excluding hydrogens is 412 g/mol. The fourth-order valence-electron chi connectivity index (χ4n) is 2.20. The van der Waals surface area contributed by atoms with Gasteiger partial charge >= 0.3 is 0 Å². The predicted octanol–water partition coefficient (Wildman–Crippen LogP) is 2.33. The van der Waals surface area contributed by atoms with Crippen molar-refractivity contribution in [2.24, 2.45) is 5.10 Å². The third kappa shape index (κ3) is 5.45. The topological polar surface area (TPSA) is 132 Å². The standard InChI is InChI=1S/C17H20N8O2S2/c1-10-8-28-16(19-10)20-14(26)9-29-17-24-23-15(25(17)18)22-21-11(2)12-5-4-6-13(7-12)27-3/h4-8H,9,18H2,1-3H3,(H,22,23)(H,19,20,26)/b21-11+. The zero-order valence-electron chi connectivity index (χ0n) is 16.0. The molecule has 3 aromatic rings. The van der Waals surface area contributed by atoms with Gasteiger partial charge in [0.25, 0.3) is 5.95 Å². The minimum absolute atomic E-state index is 0.125. The minimum Gasteiger partial charge on any atom is -0.497 e. The Bertz CT molecular complexity index is 1030. The SMILES string of the molecule is COc1cccc(/C(C)=N/Nc2nnc(SCC(=O)Nc3nc(C)cs3)n2N)c1. The average molecular weight is 433 g/mol. The molecule has 12 heteroatoms. The number of hydrogen-bond donors (Lipinski definition) is 3. The van der Waals surface area contributed by atoms with Crippen LogP contribution in [-0.4, -0.2) is 44.3 Å². The summed E-state index contributed by atoms with van der Waals surface area (Å²) in [6, 6.07) is 7.53. The molecule has 0 fully saturated rings. The Morgan fingerprint density at radius 2 is 2.24 bits per heavy atom. The van der Waals surface area contributed by atoms with Crippen molar-refractivity contribution in [2.45, 2.75) is 19.0 Å². The summed E-state index contributed by atoms with van der Waals surface area (Å²) in [5.41, 5.74) is 5.26. The van der Waals surface area contributed by atoms with Gasteiger partial charge in [-0.05, 0) is 26.0 Å². The maximum Gasteiger partial charge on any atom is 0.264 e. The minimum atomic E-state index is -0.200. The van der Waals surface area contributed by atoms with Crippen LogP contribution in [0.15, 0.2) is 39.9 Å². The smallest absolute Gasteiger partial charge is 0.264 e. The lowest BCUT2D eigenvalue weighted by molar-refractivity contribution is -0.113. The van der Waals surface area contributed by atoms with Crippen LogP contribution in [0.2, 0.25) is 0 Å². The summed E-state index contributed by atoms with van der Waals surface area (Å²) in [5.74, 6) is 6.91. The highest BCUT2D eigenvalue weighted by Gasteiger charge is 2.13. The number of anilines is 2. The van der Waals surface area contributed by atoms with Gasteiger partial charge in [0.2, 0.25) is 11.1 Å². The van der Waals surface area contributed by atoms with Gasteiger partial charge < -0.3 is 15.9 Å². The number of aryl methyl sites for hydroxylation is 1. The molecule has 2 aromatic heterocycles. The number of hydrogen-bond acceptors (Lipinski definition) is 10. The van der Waals surface area contributed by atoms with Crippen LogP contribution in [0.4, 0.5) is 11.1 Å². The van der Waals surface area contributed by atoms with Gasteiger partial charge in [-0.15, -0.1) is 21.5 Å². The fourth-order valence-corrected chi connectivity index (χ4v) is 3.56. The quantitative estimate of drug-likeness (QED) is 0.214. The molecule has 3 rings (SSSR count). The number of ether oxygens (including phenoxy) is 1. The van der Waals surface area contributed by atoms with Gasteiger partial charge in [-0.1, -0.05) is 23.9 Å². The third-order valence-corrected chi connectivity index (χ3v) is 5.49. The van der Waals surface area contributed by atoms with Crippen LogP contribution in [0.5, 0.6) is 5.75 Å². The molecule has 29 heavy (non-hydrogen) atoms. The molecule has 2 heterocycles. The molecular formula is C17H20N8O2S2. The van der Waals surface area contributed by atoms with Crippen molar-refractivity contribution in [1.29, 1.82) is 0 Å². The van der Waals surface area contributed by atoms with Gasteiger partial charge in [0.1, 0.15) is 5.75 Å². The van der Waals surface area contributed by atoms with Crippen LogP contribution in [0.3, 0.4) is 0 Å². The second-order valence-electron chi connectivity index (χ2n) is 5.85. The maximum absolute atomic E-state index is 12.0. The van der Waals surface area contributed by atoms with E-state index in [1.165, 1.54) is 16.0 Å². The lowest BCUT2D eigenvalue weighted by atomic mass is 10.1. The number of carbonyl (C=O) groups is 1. The number of nitrogens with two attached hydrogens (primary N) is 1. The number of amides is 1. The zero-order chi connectivity index (χ0) is 20.8. The van der Waals surface area contributed by atoms with E-state index in [9.17, 15) is 4.79 Å². The third-order valence-electron chi connectivity index (χ3n) is 3.67. The molecule has 4 N–H and O–H groups in total. The van der Waals surface area contributed by atoms with Crippen molar-refractivity contribution >= 4 is 45.8 Å². The first-order valence-corrected chi connectivity index (χ1v) is 10.3. The first kappa shape index (κ1) is 20.6. The van der Waals surface area contributed by atoms with E-state index in [2.05, 4.69) is 31.0 Å². The number of benzene rings is 1. The second kappa shape index (κ2) is 9.39. The van der Waals surface area contributed by atoms with Gasteiger partial charge in [-0.25, -0.2) is 15.1 Å². The Kier molecular flexibility index (Phi) is 6.67. The summed E-state index contributed by atoms with van der Waals surface area (Å²) in [5, 5.41) is 17.8. The molecule has 1 aromatic carbocycles. The van der Waals surface area contributed by atoms with E-state index >= 15 is 0 Å². The predicted molar refractivity (Wildman–Crippen MR) is 115 cm³/mol. The van der Waals surface area contributed by atoms with Gasteiger partial charge in [0.05, 0.1) is 24.3 Å². The number of hydrazone groups is 1. The summed E-state index contributed by atoms with van der Waals surface area (Å²) in [7, 11) is 1.61. The summed E-state index contributed by atoms with van der Waals surface area (Å²) in [6.07, 6.45) is 0. The monoisotopic (exact) mass is 432 g/mol. The lowest BCUT2D eigenvalue weighted by Crippen LogP contribution is -2.17. The van der Waals surface area contributed by atoms with Crippen molar-refractivity contribution in [3.8, 4) is 5.75 Å². The van der Waals surface area contributed by atoms with E-state index in [-0.39, 0.29) is 17.6 Å². The van der Waals surface area contributed by atoms with E-state index in [4.69, 9.17) is 10.6 Å². The Balaban J connectivity index is 1.57. The average Bonchev–Trinajstić information content (AvgIpc) is 3.29. The first-order chi connectivity index (χ1) is 14.0. The van der Waals surface area contributed by atoms with E-state index in [0.717, 1.165) is 34.5 Å². The molecule has 0 aliphatic rings. The summed E-state index contributed by atoms with van der Waals surface area (Å²) < 4.78 is 6.46. The normalized spacial score (nSPS) is 11.3. The van der Waals surface area contributed by atoms with Crippen LogP contribution in [0.25, 0.3) is 0 Å². The molecule has 152 valence electrons. The zero-order valence-corrected chi connectivity index (χ0v) is 17.7. The number of rotatable bonds is 8. The van der Waals surface area contributed by atoms with Gasteiger partial charge in [-0.3, -0.25) is 4.79 Å². The molecule has 0 saturated carbocycles. The van der Waals surface area contributed by atoms with E-state index in [0.29, 0.717) is 10.3 Å². The number of nitrogens with zero attached hydrogens (tertiary/aromatic N) is 5. The lowest BCUT2D eigenvalue weighted by Gasteiger charge is -2.06. The highest BCUT2D eigenvalue weighted by Crippen LogP contribution is 2.19. The fraction of sp³-hybridized carbons (Fsp3) is 0.235. The van der Waals surface area contributed by atoms with Crippen LogP contribution in [-0.2, 0) is 4.79 Å². The number of thiazole rings is 1. The Morgan fingerprint density at radius 1 is 1.41 bits per heavy atom. The Morgan fingerprint density at radius 3 is 2.97 bits per heavy atom. The van der Waals surface area contributed by atoms with Crippen molar-refractivity contribution in [2.75, 3.05) is 29.4 Å². The molecule has 0 aliphatic carbocycles. The van der Waals surface area contributed by atoms with E-state index in [1.54, 1.807) is 7.11 Å². The largest absolute Gasteiger partial charge is 0.497 e. The van der Waals surface area contributed by atoms with Gasteiger partial charge in [0.15, 0.2) is 5.13 Å². The molecule has 0 saturated heterocycles. The number of methoxy groups -OCH3 is 1. The molecule has 0 atom stereocenters. The highest BCUT2D eigenvalue weighted by molar-refractivity contribution is 7.99. The second-order valence-corrected chi connectivity index (χ2v) is 7.65. The highest BCUT2D eigenvalue weighted by atomic mass is 32.2. The summed E-state index contributed by atoms with van der Waals surface area (Å²) in [6.45, 7) is 3.71. The van der Waals surface area contributed by atoms with Crippen molar-refractivity contribution in [3.63, 3.8) is 0 Å². The molecule has 10 nitrogen and oxygen atoms in total. The molecule has 0 bridgehead atoms. The number of aromatic nitrogens is 4. The summed E-state index contributed by atoms with van der Waals surface area (Å²) >= 11 is 2.54. The van der Waals surface area contributed by atoms with E-state index < -0.39 is 0 Å². The van der Waals surface area contributed by atoms with Crippen LogP contribution < -0.4 is 21.3 Å². The van der Waals surface area contributed by atoms with Crippen LogP contribution in [0, 0.1) is 6.92 Å². The molecule has 0 spiro atoms. The van der Waals surface area contributed by atoms with Crippen LogP contribution >= 0.6 is 23.1 Å². The summed E-state index contributed by atoms with van der Waals surface area (Å²) in [4.78, 5) is 16.2. The van der Waals surface area contributed by atoms with Gasteiger partial charge in [0, 0.05) is 10.9 Å². The maximum atomic E-state index is 12.0. The molecule has 0 aliphatic heterocycles. The van der Waals surface area contributed by atoms with Crippen molar-refractivity contribution in [3.05, 3.63) is 40.9 Å². The van der Waals surface area contributed by atoms with E-state index in [1.807, 2.05) is 43.5 Å². The Labute approximate surface area is 175 Å². The number of carbonyl (C=O) groups excluding carboxylic acids is 1. The van der Waals surface area contributed by atoms with Gasteiger partial charge in [-0.2, -0.15) is 5.10 Å². The molecule has 1 amide bonds. The van der Waals surface area contributed by atoms with Crippen molar-refractivity contribution in [1.82, 2.24) is 19.9 Å². The van der Waals surface area contributed by atoms with Crippen molar-refractivity contribution < 1.29 is 9.53 Å². The first-order valence-electron chi connectivity index (χ1n) is 8.46. The Hall–Kier alpha value is -3.12. The number of nitrogen functional groups attached to an aromatic ring is 1. The number of thioether (sulfide) groups is 1. The molecule has 0 radical (unpaired) electrons. The van der Waals surface area contributed by atoms with Crippen LogP contribution in [0.1, 0.15) is 18.2 Å². The molecule has 0 unspecified atom stereocenters. The number of nitrogens with one attached hydrogen (secondary N) is 2.